The predicted octanol–water partition coefficient (Wildman–Crippen LogP) is 0.801. The maximum atomic E-state index is 11.8. The molecule has 21 heavy (non-hydrogen) atoms. The molecule has 0 saturated carbocycles. The normalized spacial score (nSPS) is 10.3. The molecule has 0 radical (unpaired) electrons. The van der Waals surface area contributed by atoms with Gasteiger partial charge in [0.2, 0.25) is 5.91 Å². The van der Waals surface area contributed by atoms with Crippen molar-refractivity contribution in [2.45, 2.75) is 13.0 Å². The molecule has 4 N–H and O–H groups in total. The van der Waals surface area contributed by atoms with E-state index in [1.165, 1.54) is 6.07 Å². The molecule has 0 saturated heterocycles. The quantitative estimate of drug-likeness (QED) is 0.726. The molecule has 110 valence electrons. The van der Waals surface area contributed by atoms with Crippen LogP contribution in [0.15, 0.2) is 39.9 Å². The molecule has 1 aromatic heterocycles. The number of hydrogen-bond donors (Lipinski definition) is 3. The van der Waals surface area contributed by atoms with E-state index in [1.807, 2.05) is 0 Å². The van der Waals surface area contributed by atoms with Gasteiger partial charge in [-0.15, -0.1) is 0 Å². The Labute approximate surface area is 124 Å². The van der Waals surface area contributed by atoms with Crippen molar-refractivity contribution in [1.29, 1.82) is 0 Å². The van der Waals surface area contributed by atoms with E-state index in [0.29, 0.717) is 16.4 Å². The first-order valence-electron chi connectivity index (χ1n) is 6.11. The van der Waals surface area contributed by atoms with Crippen molar-refractivity contribution < 1.29 is 4.79 Å². The van der Waals surface area contributed by atoms with Crippen molar-refractivity contribution in [1.82, 2.24) is 9.78 Å². The highest BCUT2D eigenvalue weighted by atomic mass is 35.5. The van der Waals surface area contributed by atoms with Gasteiger partial charge >= 0.3 is 0 Å². The minimum Gasteiger partial charge on any atom is -0.397 e. The molecule has 0 aliphatic rings. The van der Waals surface area contributed by atoms with E-state index >= 15 is 0 Å². The fraction of sp³-hybridized carbons (Fsp3) is 0.154. The number of carbonyl (C=O) groups excluding carboxylic acids is 1. The van der Waals surface area contributed by atoms with Crippen molar-refractivity contribution >= 4 is 28.9 Å². The van der Waals surface area contributed by atoms with Crippen LogP contribution in [0, 0.1) is 0 Å². The van der Waals surface area contributed by atoms with Gasteiger partial charge in [-0.2, -0.15) is 0 Å². The lowest BCUT2D eigenvalue weighted by atomic mass is 10.2. The summed E-state index contributed by atoms with van der Waals surface area (Å²) >= 11 is 5.78. The highest BCUT2D eigenvalue weighted by Crippen LogP contribution is 2.22. The van der Waals surface area contributed by atoms with Crippen LogP contribution in [-0.2, 0) is 11.3 Å². The summed E-state index contributed by atoms with van der Waals surface area (Å²) in [6.07, 6.45) is 0.0301. The zero-order valence-electron chi connectivity index (χ0n) is 10.9. The Balaban J connectivity index is 1.99. The molecular formula is C13H13ClN4O3. The largest absolute Gasteiger partial charge is 0.397 e. The molecule has 0 aliphatic heterocycles. The summed E-state index contributed by atoms with van der Waals surface area (Å²) in [5, 5.41) is 5.38. The van der Waals surface area contributed by atoms with Crippen LogP contribution < -0.4 is 22.2 Å². The van der Waals surface area contributed by atoms with Gasteiger partial charge < -0.3 is 11.1 Å². The van der Waals surface area contributed by atoms with Crippen molar-refractivity contribution in [2.24, 2.45) is 0 Å². The fourth-order valence-electron chi connectivity index (χ4n) is 1.69. The van der Waals surface area contributed by atoms with Gasteiger partial charge in [0.05, 0.1) is 17.3 Å². The van der Waals surface area contributed by atoms with Gasteiger partial charge in [-0.25, -0.2) is 4.68 Å². The second kappa shape index (κ2) is 6.27. The third kappa shape index (κ3) is 3.96. The second-order valence-corrected chi connectivity index (χ2v) is 4.74. The fourth-order valence-corrected chi connectivity index (χ4v) is 1.80. The van der Waals surface area contributed by atoms with E-state index < -0.39 is 5.56 Å². The minimum absolute atomic E-state index is 0.0301. The van der Waals surface area contributed by atoms with E-state index in [1.54, 1.807) is 12.1 Å². The molecule has 8 heteroatoms. The summed E-state index contributed by atoms with van der Waals surface area (Å²) in [5.41, 5.74) is 5.72. The number of H-pyrrole nitrogens is 1. The van der Waals surface area contributed by atoms with E-state index in [0.717, 1.165) is 16.8 Å². The van der Waals surface area contributed by atoms with Crippen LogP contribution in [0.5, 0.6) is 0 Å². The number of aromatic amines is 1. The average molecular weight is 309 g/mol. The number of aromatic nitrogens is 2. The molecule has 2 rings (SSSR count). The lowest BCUT2D eigenvalue weighted by molar-refractivity contribution is -0.116. The monoisotopic (exact) mass is 308 g/mol. The number of nitrogen functional groups attached to an aromatic ring is 1. The van der Waals surface area contributed by atoms with Crippen LogP contribution in [0.4, 0.5) is 11.4 Å². The number of halogens is 1. The Bertz CT molecular complexity index is 781. The summed E-state index contributed by atoms with van der Waals surface area (Å²) < 4.78 is 1.08. The van der Waals surface area contributed by atoms with Gasteiger partial charge in [0.1, 0.15) is 0 Å². The third-order valence-electron chi connectivity index (χ3n) is 2.73. The van der Waals surface area contributed by atoms with Gasteiger partial charge in [-0.3, -0.25) is 19.5 Å². The number of benzene rings is 1. The Hall–Kier alpha value is -2.54. The van der Waals surface area contributed by atoms with Crippen molar-refractivity contribution in [3.05, 3.63) is 56.1 Å². The molecule has 2 aromatic rings. The SMILES string of the molecule is Nc1cc(NC(=O)CCn2[nH]c(=O)ccc2=O)ccc1Cl. The summed E-state index contributed by atoms with van der Waals surface area (Å²) in [6.45, 7) is 0.0732. The first-order valence-corrected chi connectivity index (χ1v) is 6.48. The lowest BCUT2D eigenvalue weighted by Crippen LogP contribution is -2.29. The zero-order valence-corrected chi connectivity index (χ0v) is 11.7. The number of anilines is 2. The molecule has 0 unspecified atom stereocenters. The number of aryl methyl sites for hydroxylation is 1. The first-order chi connectivity index (χ1) is 9.95. The Morgan fingerprint density at radius 1 is 1.29 bits per heavy atom. The Kier molecular flexibility index (Phi) is 4.44. The van der Waals surface area contributed by atoms with Gasteiger partial charge in [-0.1, -0.05) is 11.6 Å². The molecule has 1 amide bonds. The number of carbonyl (C=O) groups is 1. The Morgan fingerprint density at radius 2 is 2.05 bits per heavy atom. The van der Waals surface area contributed by atoms with E-state index in [2.05, 4.69) is 10.4 Å². The van der Waals surface area contributed by atoms with E-state index in [-0.39, 0.29) is 24.4 Å². The molecule has 0 bridgehead atoms. The van der Waals surface area contributed by atoms with Gasteiger partial charge in [0.25, 0.3) is 11.1 Å². The maximum Gasteiger partial charge on any atom is 0.265 e. The molecule has 1 heterocycles. The molecule has 0 spiro atoms. The lowest BCUT2D eigenvalue weighted by Gasteiger charge is -2.08. The highest BCUT2D eigenvalue weighted by Gasteiger charge is 2.05. The maximum absolute atomic E-state index is 11.8. The third-order valence-corrected chi connectivity index (χ3v) is 3.07. The van der Waals surface area contributed by atoms with Crippen LogP contribution in [0.25, 0.3) is 0 Å². The van der Waals surface area contributed by atoms with Crippen LogP contribution >= 0.6 is 11.6 Å². The molecule has 1 aromatic carbocycles. The van der Waals surface area contributed by atoms with Crippen LogP contribution in [0.2, 0.25) is 5.02 Å². The Morgan fingerprint density at radius 3 is 2.76 bits per heavy atom. The van der Waals surface area contributed by atoms with Crippen molar-refractivity contribution in [3.8, 4) is 0 Å². The molecular weight excluding hydrogens is 296 g/mol. The number of rotatable bonds is 4. The van der Waals surface area contributed by atoms with E-state index in [4.69, 9.17) is 17.3 Å². The number of nitrogens with two attached hydrogens (primary N) is 1. The summed E-state index contributed by atoms with van der Waals surface area (Å²) in [4.78, 5) is 34.3. The molecule has 0 atom stereocenters. The van der Waals surface area contributed by atoms with Crippen LogP contribution in [0.3, 0.4) is 0 Å². The zero-order chi connectivity index (χ0) is 15.4. The second-order valence-electron chi connectivity index (χ2n) is 4.33. The van der Waals surface area contributed by atoms with Crippen molar-refractivity contribution in [2.75, 3.05) is 11.1 Å². The number of amides is 1. The molecule has 0 fully saturated rings. The smallest absolute Gasteiger partial charge is 0.265 e. The first kappa shape index (κ1) is 14.9. The van der Waals surface area contributed by atoms with E-state index in [9.17, 15) is 14.4 Å². The summed E-state index contributed by atoms with van der Waals surface area (Å²) in [6, 6.07) is 7.02. The summed E-state index contributed by atoms with van der Waals surface area (Å²) in [7, 11) is 0. The standard InChI is InChI=1S/C13H13ClN4O3/c14-9-2-1-8(7-10(9)15)16-11(19)5-6-18-13(21)4-3-12(20)17-18/h1-4,7H,5-6,15H2,(H,16,19)(H,17,20). The number of nitrogens with one attached hydrogen (secondary N) is 2. The highest BCUT2D eigenvalue weighted by molar-refractivity contribution is 6.33. The van der Waals surface area contributed by atoms with Crippen molar-refractivity contribution in [3.63, 3.8) is 0 Å². The molecule has 0 aliphatic carbocycles. The van der Waals surface area contributed by atoms with Gasteiger partial charge in [-0.05, 0) is 18.2 Å². The number of hydrogen-bond acceptors (Lipinski definition) is 4. The van der Waals surface area contributed by atoms with Gasteiger partial charge in [0, 0.05) is 24.2 Å². The topological polar surface area (TPSA) is 110 Å². The number of nitrogens with zero attached hydrogens (tertiary/aromatic N) is 1. The predicted molar refractivity (Wildman–Crippen MR) is 80.4 cm³/mol. The van der Waals surface area contributed by atoms with Crippen LogP contribution in [0.1, 0.15) is 6.42 Å². The van der Waals surface area contributed by atoms with Gasteiger partial charge in [0.15, 0.2) is 0 Å². The minimum atomic E-state index is -0.402. The summed E-state index contributed by atoms with van der Waals surface area (Å²) in [5.74, 6) is -0.312. The molecule has 7 nitrogen and oxygen atoms in total. The van der Waals surface area contributed by atoms with Crippen LogP contribution in [-0.4, -0.2) is 15.7 Å². The average Bonchev–Trinajstić information content (AvgIpc) is 2.44.